The maximum atomic E-state index is 13.3. The maximum absolute atomic E-state index is 13.3. The van der Waals surface area contributed by atoms with E-state index in [4.69, 9.17) is 4.74 Å². The van der Waals surface area contributed by atoms with Crippen molar-refractivity contribution in [1.82, 2.24) is 10.2 Å². The van der Waals surface area contributed by atoms with Gasteiger partial charge < -0.3 is 15.0 Å². The molecule has 5 heteroatoms. The Hall–Kier alpha value is -2.04. The highest BCUT2D eigenvalue weighted by Crippen LogP contribution is 2.53. The van der Waals surface area contributed by atoms with Crippen molar-refractivity contribution in [2.75, 3.05) is 6.54 Å². The molecule has 5 atom stereocenters. The smallest absolute Gasteiger partial charge is 0.258 e. The average molecular weight is 368 g/mol. The summed E-state index contributed by atoms with van der Waals surface area (Å²) in [6, 6.07) is 7.83. The molecule has 1 saturated heterocycles. The van der Waals surface area contributed by atoms with E-state index in [9.17, 15) is 9.59 Å². The van der Waals surface area contributed by atoms with E-state index in [2.05, 4.69) is 17.1 Å². The van der Waals surface area contributed by atoms with E-state index >= 15 is 0 Å². The zero-order chi connectivity index (χ0) is 18.6. The molecule has 5 aliphatic rings. The van der Waals surface area contributed by atoms with Gasteiger partial charge in [-0.25, -0.2) is 0 Å². The number of fused-ring (bicyclic) bond motifs is 3. The van der Waals surface area contributed by atoms with E-state index in [1.54, 1.807) is 0 Å². The molecule has 6 rings (SSSR count). The van der Waals surface area contributed by atoms with Crippen LogP contribution in [0.4, 0.5) is 0 Å². The summed E-state index contributed by atoms with van der Waals surface area (Å²) >= 11 is 0. The number of likely N-dealkylation sites (tertiary alicyclic amines) is 1. The molecule has 0 aromatic heterocycles. The van der Waals surface area contributed by atoms with Gasteiger partial charge in [-0.2, -0.15) is 0 Å². The van der Waals surface area contributed by atoms with E-state index < -0.39 is 5.72 Å². The molecule has 2 amide bonds. The largest absolute Gasteiger partial charge is 0.467 e. The monoisotopic (exact) mass is 368 g/mol. The fourth-order valence-electron chi connectivity index (χ4n) is 5.90. The van der Waals surface area contributed by atoms with Crippen LogP contribution in [0.5, 0.6) is 5.75 Å². The van der Waals surface area contributed by atoms with Gasteiger partial charge in [0.15, 0.2) is 5.72 Å². The quantitative estimate of drug-likeness (QED) is 0.827. The number of rotatable bonds is 1. The van der Waals surface area contributed by atoms with Gasteiger partial charge in [-0.15, -0.1) is 0 Å². The molecule has 144 valence electrons. The van der Waals surface area contributed by atoms with Crippen molar-refractivity contribution in [3.63, 3.8) is 0 Å². The molecule has 2 aliphatic heterocycles. The molecule has 1 N–H and O–H groups in total. The fourth-order valence-corrected chi connectivity index (χ4v) is 5.90. The number of nitrogens with one attached hydrogen (secondary N) is 1. The number of benzene rings is 1. The average Bonchev–Trinajstić information content (AvgIpc) is 2.68. The van der Waals surface area contributed by atoms with E-state index in [-0.39, 0.29) is 17.7 Å². The summed E-state index contributed by atoms with van der Waals surface area (Å²) in [5.74, 6) is 1.57. The van der Waals surface area contributed by atoms with Crippen molar-refractivity contribution in [2.45, 2.75) is 63.6 Å². The normalized spacial score (nSPS) is 37.5. The van der Waals surface area contributed by atoms with Crippen LogP contribution in [0.3, 0.4) is 0 Å². The van der Waals surface area contributed by atoms with E-state index in [1.165, 1.54) is 6.42 Å². The van der Waals surface area contributed by atoms with Crippen LogP contribution in [0.1, 0.15) is 62.2 Å². The van der Waals surface area contributed by atoms with Gasteiger partial charge in [-0.3, -0.25) is 9.59 Å². The first-order valence-electron chi connectivity index (χ1n) is 10.5. The highest BCUT2D eigenvalue weighted by Gasteiger charge is 2.57. The molecule has 4 fully saturated rings. The number of para-hydroxylation sites is 1. The fraction of sp³-hybridized carbons (Fsp3) is 0.636. The van der Waals surface area contributed by atoms with Crippen LogP contribution in [0, 0.1) is 17.8 Å². The van der Waals surface area contributed by atoms with Crippen LogP contribution in [0.15, 0.2) is 24.3 Å². The van der Waals surface area contributed by atoms with Gasteiger partial charge in [0, 0.05) is 30.8 Å². The van der Waals surface area contributed by atoms with Crippen LogP contribution in [0.2, 0.25) is 0 Å². The lowest BCUT2D eigenvalue weighted by molar-refractivity contribution is -0.158. The van der Waals surface area contributed by atoms with E-state index in [0.717, 1.165) is 45.1 Å². The van der Waals surface area contributed by atoms with E-state index in [1.807, 2.05) is 24.3 Å². The summed E-state index contributed by atoms with van der Waals surface area (Å²) in [6.07, 6.45) is 7.12. The summed E-state index contributed by atoms with van der Waals surface area (Å²) in [7, 11) is 0. The third kappa shape index (κ3) is 2.66. The second-order valence-corrected chi connectivity index (χ2v) is 8.90. The third-order valence-corrected chi connectivity index (χ3v) is 7.37. The molecule has 1 aromatic rings. The Kier molecular flexibility index (Phi) is 3.95. The number of hydrogen-bond donors (Lipinski definition) is 1. The topological polar surface area (TPSA) is 58.6 Å². The molecule has 1 aromatic carbocycles. The minimum atomic E-state index is -0.626. The molecule has 1 spiro atoms. The molecule has 3 aliphatic carbocycles. The second kappa shape index (κ2) is 6.25. The van der Waals surface area contributed by atoms with Crippen molar-refractivity contribution in [3.8, 4) is 5.75 Å². The highest BCUT2D eigenvalue weighted by molar-refractivity contribution is 5.98. The number of carbonyl (C=O) groups excluding carboxylic acids is 2. The third-order valence-electron chi connectivity index (χ3n) is 7.37. The van der Waals surface area contributed by atoms with Crippen molar-refractivity contribution in [1.29, 1.82) is 0 Å². The van der Waals surface area contributed by atoms with Gasteiger partial charge in [-0.1, -0.05) is 12.1 Å². The molecule has 2 heterocycles. The zero-order valence-electron chi connectivity index (χ0n) is 15.9. The molecular formula is C22H28N2O3. The molecule has 2 bridgehead atoms. The SMILES string of the molecule is C[C@H]1CCCCN1C(=O)[C@H]1C[C@@H]2CC[C@@H]1C[C@@]21NC(=O)c2ccccc2O1. The first kappa shape index (κ1) is 17.1. The lowest BCUT2D eigenvalue weighted by Gasteiger charge is -2.55. The summed E-state index contributed by atoms with van der Waals surface area (Å²) in [4.78, 5) is 28.1. The number of carbonyl (C=O) groups is 2. The molecule has 27 heavy (non-hydrogen) atoms. The second-order valence-electron chi connectivity index (χ2n) is 8.90. The Morgan fingerprint density at radius 3 is 2.85 bits per heavy atom. The Morgan fingerprint density at radius 1 is 1.22 bits per heavy atom. The molecular weight excluding hydrogens is 340 g/mol. The maximum Gasteiger partial charge on any atom is 0.258 e. The molecule has 0 unspecified atom stereocenters. The van der Waals surface area contributed by atoms with Crippen LogP contribution < -0.4 is 10.1 Å². The van der Waals surface area contributed by atoms with Gasteiger partial charge >= 0.3 is 0 Å². The summed E-state index contributed by atoms with van der Waals surface area (Å²) < 4.78 is 6.40. The number of nitrogens with zero attached hydrogens (tertiary/aromatic N) is 1. The Bertz CT molecular complexity index is 779. The number of hydrogen-bond acceptors (Lipinski definition) is 3. The summed E-state index contributed by atoms with van der Waals surface area (Å²) in [6.45, 7) is 3.08. The molecule has 0 radical (unpaired) electrons. The minimum Gasteiger partial charge on any atom is -0.467 e. The van der Waals surface area contributed by atoms with Crippen LogP contribution in [0.25, 0.3) is 0 Å². The molecule has 3 saturated carbocycles. The lowest BCUT2D eigenvalue weighted by atomic mass is 9.59. The standard InChI is InChI=1S/C22H28N2O3/c1-14-6-4-5-11-24(14)21(26)18-12-16-10-9-15(18)13-22(16)23-20(25)17-7-2-3-8-19(17)27-22/h2-3,7-8,14-16,18H,4-6,9-13H2,1H3,(H,23,25)/t14-,15+,16-,18-,22-/m0/s1. The summed E-state index contributed by atoms with van der Waals surface area (Å²) in [5, 5.41) is 3.18. The van der Waals surface area contributed by atoms with E-state index in [0.29, 0.717) is 29.2 Å². The predicted octanol–water partition coefficient (Wildman–Crippen LogP) is 3.34. The van der Waals surface area contributed by atoms with Gasteiger partial charge in [0.1, 0.15) is 5.75 Å². The van der Waals surface area contributed by atoms with Gasteiger partial charge in [-0.05, 0) is 63.5 Å². The number of piperidine rings is 1. The first-order valence-corrected chi connectivity index (χ1v) is 10.5. The van der Waals surface area contributed by atoms with Crippen LogP contribution in [-0.4, -0.2) is 35.0 Å². The zero-order valence-corrected chi connectivity index (χ0v) is 15.9. The van der Waals surface area contributed by atoms with Crippen molar-refractivity contribution < 1.29 is 14.3 Å². The Labute approximate surface area is 160 Å². The van der Waals surface area contributed by atoms with Crippen LogP contribution >= 0.6 is 0 Å². The highest BCUT2D eigenvalue weighted by atomic mass is 16.5. The van der Waals surface area contributed by atoms with Gasteiger partial charge in [0.2, 0.25) is 5.91 Å². The minimum absolute atomic E-state index is 0.0445. The van der Waals surface area contributed by atoms with Gasteiger partial charge in [0.05, 0.1) is 5.56 Å². The number of ether oxygens (including phenoxy) is 1. The first-order chi connectivity index (χ1) is 13.1. The lowest BCUT2D eigenvalue weighted by Crippen LogP contribution is -2.67. The summed E-state index contributed by atoms with van der Waals surface area (Å²) in [5.41, 5.74) is -0.0158. The van der Waals surface area contributed by atoms with Crippen LogP contribution in [-0.2, 0) is 4.79 Å². The van der Waals surface area contributed by atoms with Crippen molar-refractivity contribution in [2.24, 2.45) is 17.8 Å². The van der Waals surface area contributed by atoms with Crippen molar-refractivity contribution >= 4 is 11.8 Å². The Balaban J connectivity index is 1.38. The van der Waals surface area contributed by atoms with Gasteiger partial charge in [0.25, 0.3) is 5.91 Å². The predicted molar refractivity (Wildman–Crippen MR) is 101 cm³/mol. The number of amides is 2. The van der Waals surface area contributed by atoms with Crippen molar-refractivity contribution in [3.05, 3.63) is 29.8 Å². The molecule has 5 nitrogen and oxygen atoms in total. The Morgan fingerprint density at radius 2 is 2.07 bits per heavy atom.